The topological polar surface area (TPSA) is 56.2 Å². The van der Waals surface area contributed by atoms with Crippen LogP contribution in [0.4, 0.5) is 0 Å². The predicted molar refractivity (Wildman–Crippen MR) is 91.6 cm³/mol. The maximum Gasteiger partial charge on any atom is 0.223 e. The van der Waals surface area contributed by atoms with Crippen LogP contribution in [0.2, 0.25) is 0 Å². The van der Waals surface area contributed by atoms with E-state index in [9.17, 15) is 4.79 Å². The molecule has 23 heavy (non-hydrogen) atoms. The van der Waals surface area contributed by atoms with E-state index in [1.165, 1.54) is 17.6 Å². The number of hydrogen-bond acceptors (Lipinski definition) is 2. The maximum absolute atomic E-state index is 12.2. The van der Waals surface area contributed by atoms with E-state index in [1.54, 1.807) is 6.26 Å². The Hall–Kier alpha value is -1.51. The fourth-order valence-corrected chi connectivity index (χ4v) is 5.52. The fourth-order valence-electron chi connectivity index (χ4n) is 5.52. The first-order valence-electron chi connectivity index (χ1n) is 8.86. The van der Waals surface area contributed by atoms with Gasteiger partial charge in [0.1, 0.15) is 0 Å². The quantitative estimate of drug-likeness (QED) is 0.833. The molecule has 2 saturated carbocycles. The summed E-state index contributed by atoms with van der Waals surface area (Å²) in [5, 5.41) is 0. The zero-order valence-corrected chi connectivity index (χ0v) is 14.4. The van der Waals surface area contributed by atoms with Crippen LogP contribution in [0.25, 0.3) is 0 Å². The lowest BCUT2D eigenvalue weighted by Crippen LogP contribution is -2.55. The van der Waals surface area contributed by atoms with Gasteiger partial charge in [0, 0.05) is 5.41 Å². The van der Waals surface area contributed by atoms with Crippen molar-refractivity contribution in [1.82, 2.24) is 0 Å². The Labute approximate surface area is 139 Å². The highest BCUT2D eigenvalue weighted by molar-refractivity contribution is 5.81. The highest BCUT2D eigenvalue weighted by Gasteiger charge is 2.56. The Kier molecular flexibility index (Phi) is 4.16. The van der Waals surface area contributed by atoms with E-state index >= 15 is 0 Å². The second-order valence-electron chi connectivity index (χ2n) is 8.11. The number of furan rings is 1. The average molecular weight is 315 g/mol. The molecule has 3 heteroatoms. The molecule has 2 aliphatic carbocycles. The van der Waals surface area contributed by atoms with E-state index in [-0.39, 0.29) is 16.7 Å². The molecule has 0 aliphatic heterocycles. The number of allylic oxidation sites excluding steroid dienone is 1. The van der Waals surface area contributed by atoms with Crippen LogP contribution in [0, 0.1) is 22.7 Å². The predicted octanol–water partition coefficient (Wildman–Crippen LogP) is 4.48. The van der Waals surface area contributed by atoms with Gasteiger partial charge in [-0.2, -0.15) is 0 Å². The van der Waals surface area contributed by atoms with E-state index in [1.807, 2.05) is 12.3 Å². The Morgan fingerprint density at radius 3 is 2.87 bits per heavy atom. The zero-order chi connectivity index (χ0) is 16.7. The SMILES string of the molecule is C=C1CC[C@@H]2[C@@](C)(CCC[C@@]2(C)C(N)=O)[C@H]1CCc1ccoc1. The number of aryl methyl sites for hydroxylation is 1. The third-order valence-electron chi connectivity index (χ3n) is 6.88. The molecule has 4 atom stereocenters. The summed E-state index contributed by atoms with van der Waals surface area (Å²) in [4.78, 5) is 12.2. The van der Waals surface area contributed by atoms with Gasteiger partial charge in [0.2, 0.25) is 5.91 Å². The van der Waals surface area contributed by atoms with Crippen molar-refractivity contribution in [2.45, 2.75) is 58.8 Å². The number of amides is 1. The molecule has 3 rings (SSSR count). The fraction of sp³-hybridized carbons (Fsp3) is 0.650. The van der Waals surface area contributed by atoms with Gasteiger partial charge in [-0.1, -0.05) is 32.4 Å². The molecule has 2 N–H and O–H groups in total. The molecule has 0 saturated heterocycles. The van der Waals surface area contributed by atoms with Crippen molar-refractivity contribution in [1.29, 1.82) is 0 Å². The standard InChI is InChI=1S/C20H29NO2/c1-14-5-8-17-19(2,10-4-11-20(17,3)18(21)22)16(14)7-6-15-9-12-23-13-15/h9,12-13,16-17H,1,4-8,10-11H2,2-3H3,(H2,21,22)/t16-,17+,19-,20+/m0/s1. The second kappa shape index (κ2) is 5.85. The van der Waals surface area contributed by atoms with Crippen molar-refractivity contribution in [2.75, 3.05) is 0 Å². The molecule has 1 heterocycles. The van der Waals surface area contributed by atoms with Gasteiger partial charge in [-0.05, 0) is 67.4 Å². The van der Waals surface area contributed by atoms with Crippen molar-refractivity contribution < 1.29 is 9.21 Å². The minimum atomic E-state index is -0.360. The summed E-state index contributed by atoms with van der Waals surface area (Å²) in [5.74, 6) is 0.728. The number of hydrogen-bond donors (Lipinski definition) is 1. The van der Waals surface area contributed by atoms with Crippen LogP contribution in [0.15, 0.2) is 35.2 Å². The van der Waals surface area contributed by atoms with Crippen LogP contribution >= 0.6 is 0 Å². The lowest BCUT2D eigenvalue weighted by Gasteiger charge is -2.57. The zero-order valence-electron chi connectivity index (χ0n) is 14.4. The first-order chi connectivity index (χ1) is 10.9. The molecule has 0 spiro atoms. The molecule has 0 radical (unpaired) electrons. The largest absolute Gasteiger partial charge is 0.472 e. The molecule has 1 aromatic rings. The number of fused-ring (bicyclic) bond motifs is 1. The van der Waals surface area contributed by atoms with E-state index in [0.717, 1.165) is 38.5 Å². The van der Waals surface area contributed by atoms with E-state index < -0.39 is 0 Å². The summed E-state index contributed by atoms with van der Waals surface area (Å²) in [7, 11) is 0. The molecule has 126 valence electrons. The molecule has 1 aromatic heterocycles. The van der Waals surface area contributed by atoms with Crippen molar-refractivity contribution >= 4 is 5.91 Å². The van der Waals surface area contributed by atoms with Gasteiger partial charge < -0.3 is 10.2 Å². The van der Waals surface area contributed by atoms with Gasteiger partial charge in [-0.15, -0.1) is 0 Å². The molecule has 0 unspecified atom stereocenters. The minimum absolute atomic E-state index is 0.116. The van der Waals surface area contributed by atoms with Crippen molar-refractivity contribution in [3.63, 3.8) is 0 Å². The van der Waals surface area contributed by atoms with Crippen LogP contribution < -0.4 is 5.73 Å². The molecule has 2 fully saturated rings. The summed E-state index contributed by atoms with van der Waals surface area (Å²) in [6.07, 6.45) is 10.9. The van der Waals surface area contributed by atoms with Crippen LogP contribution in [0.1, 0.15) is 57.9 Å². The third-order valence-corrected chi connectivity index (χ3v) is 6.88. The van der Waals surface area contributed by atoms with Crippen LogP contribution in [0.5, 0.6) is 0 Å². The van der Waals surface area contributed by atoms with E-state index in [2.05, 4.69) is 20.4 Å². The summed E-state index contributed by atoms with van der Waals surface area (Å²) in [6.45, 7) is 8.86. The van der Waals surface area contributed by atoms with Crippen LogP contribution in [-0.2, 0) is 11.2 Å². The highest BCUT2D eigenvalue weighted by Crippen LogP contribution is 2.61. The molecular weight excluding hydrogens is 286 g/mol. The van der Waals surface area contributed by atoms with Crippen molar-refractivity contribution in [3.05, 3.63) is 36.3 Å². The lowest BCUT2D eigenvalue weighted by atomic mass is 9.46. The van der Waals surface area contributed by atoms with Crippen LogP contribution in [0.3, 0.4) is 0 Å². The Balaban J connectivity index is 1.86. The van der Waals surface area contributed by atoms with Gasteiger partial charge in [0.15, 0.2) is 0 Å². The first-order valence-corrected chi connectivity index (χ1v) is 8.86. The highest BCUT2D eigenvalue weighted by atomic mass is 16.3. The number of carbonyl (C=O) groups is 1. The van der Waals surface area contributed by atoms with Gasteiger partial charge in [-0.25, -0.2) is 0 Å². The summed E-state index contributed by atoms with van der Waals surface area (Å²) < 4.78 is 5.19. The molecule has 0 aromatic carbocycles. The third kappa shape index (κ3) is 2.64. The van der Waals surface area contributed by atoms with Gasteiger partial charge >= 0.3 is 0 Å². The summed E-state index contributed by atoms with van der Waals surface area (Å²) >= 11 is 0. The molecule has 3 nitrogen and oxygen atoms in total. The number of carbonyl (C=O) groups excluding carboxylic acids is 1. The van der Waals surface area contributed by atoms with E-state index in [4.69, 9.17) is 10.2 Å². The van der Waals surface area contributed by atoms with Crippen molar-refractivity contribution in [2.24, 2.45) is 28.4 Å². The van der Waals surface area contributed by atoms with Gasteiger partial charge in [0.25, 0.3) is 0 Å². The monoisotopic (exact) mass is 315 g/mol. The Morgan fingerprint density at radius 1 is 1.43 bits per heavy atom. The van der Waals surface area contributed by atoms with Gasteiger partial charge in [0.05, 0.1) is 12.5 Å². The number of nitrogens with two attached hydrogens (primary N) is 1. The van der Waals surface area contributed by atoms with Gasteiger partial charge in [-0.3, -0.25) is 4.79 Å². The molecule has 1 amide bonds. The number of rotatable bonds is 4. The molecular formula is C20H29NO2. The molecule has 0 bridgehead atoms. The Morgan fingerprint density at radius 2 is 2.22 bits per heavy atom. The normalized spacial score (nSPS) is 37.4. The minimum Gasteiger partial charge on any atom is -0.472 e. The molecule has 2 aliphatic rings. The smallest absolute Gasteiger partial charge is 0.223 e. The number of primary amides is 1. The lowest BCUT2D eigenvalue weighted by molar-refractivity contribution is -0.142. The first kappa shape index (κ1) is 16.4. The summed E-state index contributed by atoms with van der Waals surface area (Å²) in [5.41, 5.74) is 8.21. The van der Waals surface area contributed by atoms with Crippen LogP contribution in [-0.4, -0.2) is 5.91 Å². The van der Waals surface area contributed by atoms with Crippen molar-refractivity contribution in [3.8, 4) is 0 Å². The average Bonchev–Trinajstić information content (AvgIpc) is 2.99. The Bertz CT molecular complexity index is 591. The second-order valence-corrected chi connectivity index (χ2v) is 8.11. The van der Waals surface area contributed by atoms with E-state index in [0.29, 0.717) is 11.8 Å². The summed E-state index contributed by atoms with van der Waals surface area (Å²) in [6, 6.07) is 2.04. The maximum atomic E-state index is 12.2.